The van der Waals surface area contributed by atoms with E-state index in [1.54, 1.807) is 25.3 Å². The van der Waals surface area contributed by atoms with Gasteiger partial charge in [0.05, 0.1) is 20.3 Å². The fourth-order valence-electron chi connectivity index (χ4n) is 2.78. The number of unbranched alkanes of at least 4 members (excludes halogenated alkanes) is 1. The van der Waals surface area contributed by atoms with Crippen molar-refractivity contribution in [1.29, 1.82) is 0 Å². The molecular formula is C23H28O6. The molecule has 0 fully saturated rings. The van der Waals surface area contributed by atoms with E-state index in [4.69, 9.17) is 18.9 Å². The average Bonchev–Trinajstić information content (AvgIpc) is 2.73. The Morgan fingerprint density at radius 1 is 1.07 bits per heavy atom. The van der Waals surface area contributed by atoms with Crippen molar-refractivity contribution < 1.29 is 28.8 Å². The summed E-state index contributed by atoms with van der Waals surface area (Å²) in [6.45, 7) is 9.15. The first-order chi connectivity index (χ1) is 14.0. The van der Waals surface area contributed by atoms with Crippen molar-refractivity contribution in [3.05, 3.63) is 48.0 Å². The van der Waals surface area contributed by atoms with Crippen LogP contribution in [0.5, 0.6) is 28.7 Å². The Morgan fingerprint density at radius 2 is 1.72 bits per heavy atom. The second-order valence-electron chi connectivity index (χ2n) is 6.47. The van der Waals surface area contributed by atoms with Crippen LogP contribution in [0.3, 0.4) is 0 Å². The fourth-order valence-corrected chi connectivity index (χ4v) is 2.78. The molecule has 0 aliphatic heterocycles. The van der Waals surface area contributed by atoms with E-state index in [2.05, 4.69) is 6.58 Å². The van der Waals surface area contributed by atoms with Crippen LogP contribution < -0.4 is 18.9 Å². The summed E-state index contributed by atoms with van der Waals surface area (Å²) in [5.41, 5.74) is 2.37. The third kappa shape index (κ3) is 5.91. The summed E-state index contributed by atoms with van der Waals surface area (Å²) in [5.74, 6) is 2.36. The van der Waals surface area contributed by atoms with Crippen molar-refractivity contribution in [3.8, 4) is 28.7 Å². The molecule has 1 N–H and O–H groups in total. The number of phenols is 1. The lowest BCUT2D eigenvalue weighted by Gasteiger charge is -2.14. The fraction of sp³-hybridized carbons (Fsp3) is 0.348. The van der Waals surface area contributed by atoms with Crippen LogP contribution in [0.15, 0.2) is 36.9 Å². The molecule has 156 valence electrons. The first kappa shape index (κ1) is 22.1. The molecule has 0 aromatic heterocycles. The number of phenolic OH excluding ortho intramolecular Hbond substituents is 1. The van der Waals surface area contributed by atoms with Gasteiger partial charge in [0.2, 0.25) is 0 Å². The number of allylic oxidation sites excluding steroid dienone is 1. The second kappa shape index (κ2) is 11.0. The van der Waals surface area contributed by atoms with Gasteiger partial charge in [-0.25, -0.2) is 0 Å². The third-order valence-electron chi connectivity index (χ3n) is 4.56. The molecular weight excluding hydrogens is 372 g/mol. The Bertz CT molecular complexity index is 844. The van der Waals surface area contributed by atoms with Gasteiger partial charge in [-0.15, -0.1) is 0 Å². The maximum Gasteiger partial charge on any atom is 0.298 e. The van der Waals surface area contributed by atoms with Crippen LogP contribution in [0.4, 0.5) is 0 Å². The quantitative estimate of drug-likeness (QED) is 0.403. The lowest BCUT2D eigenvalue weighted by Crippen LogP contribution is -2.04. The SMILES string of the molecule is C=C(CC)c1ccc(OCCCCOc2cc(OC=O)ccc2OC)c(C)c1O. The Hall–Kier alpha value is -3.15. The first-order valence-electron chi connectivity index (χ1n) is 9.56. The van der Waals surface area contributed by atoms with Gasteiger partial charge in [-0.3, -0.25) is 4.79 Å². The van der Waals surface area contributed by atoms with Gasteiger partial charge in [0, 0.05) is 17.2 Å². The summed E-state index contributed by atoms with van der Waals surface area (Å²) in [7, 11) is 1.55. The van der Waals surface area contributed by atoms with E-state index in [1.807, 2.05) is 26.0 Å². The number of rotatable bonds is 12. The topological polar surface area (TPSA) is 74.2 Å². The summed E-state index contributed by atoms with van der Waals surface area (Å²) >= 11 is 0. The Kier molecular flexibility index (Phi) is 8.40. The summed E-state index contributed by atoms with van der Waals surface area (Å²) in [4.78, 5) is 10.5. The molecule has 2 aromatic carbocycles. The number of aromatic hydroxyl groups is 1. The first-order valence-corrected chi connectivity index (χ1v) is 9.56. The van der Waals surface area contributed by atoms with E-state index in [0.717, 1.165) is 30.4 Å². The molecule has 0 atom stereocenters. The largest absolute Gasteiger partial charge is 0.507 e. The number of carbonyl (C=O) groups is 1. The lowest BCUT2D eigenvalue weighted by atomic mass is 10.0. The van der Waals surface area contributed by atoms with Crippen LogP contribution in [0, 0.1) is 6.92 Å². The molecule has 2 rings (SSSR count). The molecule has 29 heavy (non-hydrogen) atoms. The maximum absolute atomic E-state index is 10.5. The molecule has 0 bridgehead atoms. The number of carbonyl (C=O) groups excluding carboxylic acids is 1. The normalized spacial score (nSPS) is 10.3. The van der Waals surface area contributed by atoms with Gasteiger partial charge in [-0.1, -0.05) is 13.5 Å². The van der Waals surface area contributed by atoms with Gasteiger partial charge >= 0.3 is 0 Å². The van der Waals surface area contributed by atoms with Crippen molar-refractivity contribution in [2.75, 3.05) is 20.3 Å². The van der Waals surface area contributed by atoms with E-state index >= 15 is 0 Å². The van der Waals surface area contributed by atoms with Gasteiger partial charge in [0.1, 0.15) is 17.2 Å². The van der Waals surface area contributed by atoms with Crippen LogP contribution in [0.2, 0.25) is 0 Å². The lowest BCUT2D eigenvalue weighted by molar-refractivity contribution is -0.120. The zero-order valence-corrected chi connectivity index (χ0v) is 17.2. The molecule has 0 spiro atoms. The molecule has 6 heteroatoms. The van der Waals surface area contributed by atoms with Crippen LogP contribution in [0.25, 0.3) is 5.57 Å². The molecule has 0 heterocycles. The monoisotopic (exact) mass is 400 g/mol. The van der Waals surface area contributed by atoms with Gasteiger partial charge in [0.25, 0.3) is 6.47 Å². The smallest absolute Gasteiger partial charge is 0.298 e. The van der Waals surface area contributed by atoms with E-state index < -0.39 is 0 Å². The van der Waals surface area contributed by atoms with Crippen LogP contribution in [0.1, 0.15) is 37.3 Å². The van der Waals surface area contributed by atoms with E-state index in [-0.39, 0.29) is 5.75 Å². The zero-order chi connectivity index (χ0) is 21.2. The number of benzene rings is 2. The molecule has 6 nitrogen and oxygen atoms in total. The highest BCUT2D eigenvalue weighted by Gasteiger charge is 2.11. The van der Waals surface area contributed by atoms with E-state index in [1.165, 1.54) is 0 Å². The highest BCUT2D eigenvalue weighted by atomic mass is 16.5. The van der Waals surface area contributed by atoms with E-state index in [0.29, 0.717) is 48.2 Å². The summed E-state index contributed by atoms with van der Waals surface area (Å²) < 4.78 is 21.6. The number of hydrogen-bond acceptors (Lipinski definition) is 6. The predicted molar refractivity (Wildman–Crippen MR) is 112 cm³/mol. The number of hydrogen-bond donors (Lipinski definition) is 1. The minimum atomic E-state index is 0.224. The summed E-state index contributed by atoms with van der Waals surface area (Å²) in [6, 6.07) is 8.64. The molecule has 0 amide bonds. The van der Waals surface area contributed by atoms with Crippen LogP contribution in [-0.2, 0) is 4.79 Å². The Labute approximate surface area is 171 Å². The highest BCUT2D eigenvalue weighted by Crippen LogP contribution is 2.35. The number of ether oxygens (including phenoxy) is 4. The number of methoxy groups -OCH3 is 1. The summed E-state index contributed by atoms with van der Waals surface area (Å²) in [5, 5.41) is 10.4. The van der Waals surface area contributed by atoms with Gasteiger partial charge < -0.3 is 24.1 Å². The average molecular weight is 400 g/mol. The van der Waals surface area contributed by atoms with Crippen molar-refractivity contribution >= 4 is 12.0 Å². The second-order valence-corrected chi connectivity index (χ2v) is 6.47. The van der Waals surface area contributed by atoms with Crippen molar-refractivity contribution in [2.24, 2.45) is 0 Å². The van der Waals surface area contributed by atoms with Gasteiger partial charge in [-0.05, 0) is 56.0 Å². The Balaban J connectivity index is 1.82. The Morgan fingerprint density at radius 3 is 2.34 bits per heavy atom. The zero-order valence-electron chi connectivity index (χ0n) is 17.2. The van der Waals surface area contributed by atoms with E-state index in [9.17, 15) is 9.90 Å². The standard InChI is InChI=1S/C23H28O6/c1-5-16(2)19-9-11-20(17(3)23(19)25)27-12-6-7-13-28-22-14-18(29-15-24)8-10-21(22)26-4/h8-11,14-15,25H,2,5-7,12-13H2,1,3-4H3. The maximum atomic E-state index is 10.5. The van der Waals surface area contributed by atoms with Gasteiger partial charge in [0.15, 0.2) is 11.5 Å². The predicted octanol–water partition coefficient (Wildman–Crippen LogP) is 4.91. The molecule has 0 radical (unpaired) electrons. The molecule has 0 unspecified atom stereocenters. The molecule has 0 saturated heterocycles. The van der Waals surface area contributed by atoms with Crippen molar-refractivity contribution in [3.63, 3.8) is 0 Å². The summed E-state index contributed by atoms with van der Waals surface area (Å²) in [6.07, 6.45) is 2.32. The molecule has 0 aliphatic carbocycles. The minimum absolute atomic E-state index is 0.224. The van der Waals surface area contributed by atoms with Gasteiger partial charge in [-0.2, -0.15) is 0 Å². The van der Waals surface area contributed by atoms with Crippen molar-refractivity contribution in [2.45, 2.75) is 33.1 Å². The highest BCUT2D eigenvalue weighted by molar-refractivity contribution is 5.71. The van der Waals surface area contributed by atoms with Crippen LogP contribution >= 0.6 is 0 Å². The third-order valence-corrected chi connectivity index (χ3v) is 4.56. The minimum Gasteiger partial charge on any atom is -0.507 e. The molecule has 0 saturated carbocycles. The van der Waals surface area contributed by atoms with Crippen LogP contribution in [-0.4, -0.2) is 31.9 Å². The van der Waals surface area contributed by atoms with Crippen molar-refractivity contribution in [1.82, 2.24) is 0 Å². The molecule has 2 aromatic rings. The molecule has 0 aliphatic rings.